The number of aromatic nitrogens is 1. The van der Waals surface area contributed by atoms with Gasteiger partial charge in [0.1, 0.15) is 28.8 Å². The topological polar surface area (TPSA) is 108 Å². The van der Waals surface area contributed by atoms with E-state index in [-0.39, 0.29) is 25.2 Å². The Morgan fingerprint density at radius 2 is 1.70 bits per heavy atom. The molecule has 11 heteroatoms. The number of carbonyl (C=O) groups is 3. The minimum Gasteiger partial charge on any atom is -0.482 e. The highest BCUT2D eigenvalue weighted by Crippen LogP contribution is 2.31. The van der Waals surface area contributed by atoms with Crippen LogP contribution < -0.4 is 9.47 Å². The van der Waals surface area contributed by atoms with Gasteiger partial charge in [-0.15, -0.1) is 11.3 Å². The van der Waals surface area contributed by atoms with Crippen LogP contribution in [0.4, 0.5) is 4.79 Å². The Kier molecular flexibility index (Phi) is 10.2. The number of thiophene rings is 1. The highest BCUT2D eigenvalue weighted by atomic mass is 32.1. The number of hydrogen-bond acceptors (Lipinski definition) is 9. The largest absolute Gasteiger partial charge is 0.482 e. The fourth-order valence-electron chi connectivity index (χ4n) is 4.52. The summed E-state index contributed by atoms with van der Waals surface area (Å²) in [6.45, 7) is 12.0. The molecule has 1 unspecified atom stereocenters. The molecular weight excluding hydrogens is 582 g/mol. The predicted molar refractivity (Wildman–Crippen MR) is 167 cm³/mol. The molecule has 1 aliphatic rings. The molecule has 4 rings (SSSR count). The van der Waals surface area contributed by atoms with Gasteiger partial charge in [-0.3, -0.25) is 9.78 Å². The summed E-state index contributed by atoms with van der Waals surface area (Å²) >= 11 is 1.46. The summed E-state index contributed by atoms with van der Waals surface area (Å²) in [6, 6.07) is 12.7. The molecule has 0 aliphatic carbocycles. The van der Waals surface area contributed by atoms with Gasteiger partial charge in [0.15, 0.2) is 6.61 Å². The number of benzene rings is 1. The van der Waals surface area contributed by atoms with E-state index in [1.165, 1.54) is 11.3 Å². The quantitative estimate of drug-likeness (QED) is 0.265. The van der Waals surface area contributed by atoms with Crippen LogP contribution >= 0.6 is 11.3 Å². The van der Waals surface area contributed by atoms with Gasteiger partial charge < -0.3 is 28.7 Å². The Morgan fingerprint density at radius 1 is 1.00 bits per heavy atom. The van der Waals surface area contributed by atoms with Crippen molar-refractivity contribution < 1.29 is 33.3 Å². The summed E-state index contributed by atoms with van der Waals surface area (Å²) in [4.78, 5) is 47.4. The monoisotopic (exact) mass is 623 g/mol. The molecule has 2 amide bonds. The fraction of sp³-hybridized carbons (Fsp3) is 0.455. The van der Waals surface area contributed by atoms with Gasteiger partial charge in [0.05, 0.1) is 24.2 Å². The molecule has 236 valence electrons. The van der Waals surface area contributed by atoms with Gasteiger partial charge in [0, 0.05) is 24.7 Å². The number of hydrogen-bond donors (Lipinski definition) is 0. The zero-order chi connectivity index (χ0) is 32.1. The summed E-state index contributed by atoms with van der Waals surface area (Å²) in [5.74, 6) is 0.490. The second-order valence-electron chi connectivity index (χ2n) is 12.6. The Bertz CT molecular complexity index is 1440. The van der Waals surface area contributed by atoms with E-state index in [4.69, 9.17) is 18.9 Å². The number of nitrogens with zero attached hydrogens (tertiary/aromatic N) is 3. The first kappa shape index (κ1) is 32.8. The maximum atomic E-state index is 13.6. The fourth-order valence-corrected chi connectivity index (χ4v) is 5.68. The molecule has 0 saturated heterocycles. The zero-order valence-electron chi connectivity index (χ0n) is 26.4. The Labute approximate surface area is 262 Å². The molecule has 0 saturated carbocycles. The highest BCUT2D eigenvalue weighted by Gasteiger charge is 2.29. The van der Waals surface area contributed by atoms with Gasteiger partial charge in [-0.2, -0.15) is 0 Å². The number of ether oxygens (including phenoxy) is 4. The van der Waals surface area contributed by atoms with E-state index < -0.39 is 23.3 Å². The van der Waals surface area contributed by atoms with Crippen molar-refractivity contribution >= 4 is 29.3 Å². The van der Waals surface area contributed by atoms with Gasteiger partial charge >= 0.3 is 12.1 Å². The molecule has 10 nitrogen and oxygen atoms in total. The van der Waals surface area contributed by atoms with E-state index in [2.05, 4.69) is 4.98 Å². The molecule has 0 radical (unpaired) electrons. The molecule has 3 heterocycles. The first-order chi connectivity index (χ1) is 20.7. The first-order valence-corrected chi connectivity index (χ1v) is 15.3. The Morgan fingerprint density at radius 3 is 2.34 bits per heavy atom. The lowest BCUT2D eigenvalue weighted by Gasteiger charge is -2.29. The summed E-state index contributed by atoms with van der Waals surface area (Å²) in [5, 5.41) is 0. The van der Waals surface area contributed by atoms with E-state index in [0.717, 1.165) is 16.0 Å². The third-order valence-electron chi connectivity index (χ3n) is 6.46. The average Bonchev–Trinajstić information content (AvgIpc) is 3.38. The van der Waals surface area contributed by atoms with Crippen molar-refractivity contribution in [3.63, 3.8) is 0 Å². The van der Waals surface area contributed by atoms with Crippen molar-refractivity contribution in [1.82, 2.24) is 14.8 Å². The third-order valence-corrected chi connectivity index (χ3v) is 7.68. The van der Waals surface area contributed by atoms with Crippen molar-refractivity contribution in [2.75, 3.05) is 26.7 Å². The Hall–Kier alpha value is -4.12. The second kappa shape index (κ2) is 13.7. The van der Waals surface area contributed by atoms with Crippen LogP contribution in [-0.4, -0.2) is 70.7 Å². The summed E-state index contributed by atoms with van der Waals surface area (Å²) in [6.07, 6.45) is 3.10. The van der Waals surface area contributed by atoms with Gasteiger partial charge in [0.2, 0.25) is 0 Å². The second-order valence-corrected chi connectivity index (χ2v) is 13.8. The summed E-state index contributed by atoms with van der Waals surface area (Å²) in [7, 11) is 1.74. The molecule has 0 N–H and O–H groups in total. The lowest BCUT2D eigenvalue weighted by Crippen LogP contribution is -2.39. The predicted octanol–water partition coefficient (Wildman–Crippen LogP) is 6.05. The van der Waals surface area contributed by atoms with E-state index in [1.54, 1.807) is 68.2 Å². The molecule has 44 heavy (non-hydrogen) atoms. The standard InChI is InChI=1S/C33H41N3O7S/c1-32(2,3)42-29(37)21-40-24-12-10-22(11-13-24)26(41-25-9-8-15-34-18-25)20-35(7)30(38)28-17-23-19-36(16-14-27(23)44-28)31(39)43-33(4,5)6/h8-13,15,17-18,26H,14,16,19-21H2,1-7H3. The van der Waals surface area contributed by atoms with Crippen molar-refractivity contribution in [1.29, 1.82) is 0 Å². The molecule has 3 aromatic rings. The van der Waals surface area contributed by atoms with Crippen molar-refractivity contribution in [2.24, 2.45) is 0 Å². The highest BCUT2D eigenvalue weighted by molar-refractivity contribution is 7.14. The minimum absolute atomic E-state index is 0.134. The number of rotatable bonds is 9. The van der Waals surface area contributed by atoms with Crippen LogP contribution in [0.15, 0.2) is 54.9 Å². The van der Waals surface area contributed by atoms with Gasteiger partial charge in [-0.25, -0.2) is 9.59 Å². The van der Waals surface area contributed by atoms with Crippen LogP contribution in [0, 0.1) is 0 Å². The van der Waals surface area contributed by atoms with Crippen LogP contribution in [0.2, 0.25) is 0 Å². The number of carbonyl (C=O) groups excluding carboxylic acids is 3. The van der Waals surface area contributed by atoms with Crippen molar-refractivity contribution in [3.05, 3.63) is 75.7 Å². The van der Waals surface area contributed by atoms with Crippen molar-refractivity contribution in [2.45, 2.75) is 71.8 Å². The molecule has 0 fully saturated rings. The number of esters is 1. The van der Waals surface area contributed by atoms with Gasteiger partial charge in [-0.05, 0) is 89.4 Å². The summed E-state index contributed by atoms with van der Waals surface area (Å²) in [5.41, 5.74) is 0.621. The van der Waals surface area contributed by atoms with Crippen LogP contribution in [0.1, 0.15) is 73.3 Å². The van der Waals surface area contributed by atoms with Crippen LogP contribution in [0.5, 0.6) is 11.5 Å². The van der Waals surface area contributed by atoms with E-state index >= 15 is 0 Å². The average molecular weight is 624 g/mol. The van der Waals surface area contributed by atoms with Crippen LogP contribution in [0.25, 0.3) is 0 Å². The molecule has 2 aromatic heterocycles. The third kappa shape index (κ3) is 9.44. The number of pyridine rings is 1. The SMILES string of the molecule is CN(CC(Oc1cccnc1)c1ccc(OCC(=O)OC(C)(C)C)cc1)C(=O)c1cc2c(s1)CCN(C(=O)OC(C)(C)C)C2. The van der Waals surface area contributed by atoms with Gasteiger partial charge in [-0.1, -0.05) is 12.1 Å². The van der Waals surface area contributed by atoms with Crippen LogP contribution in [0.3, 0.4) is 0 Å². The molecule has 1 aliphatic heterocycles. The van der Waals surface area contributed by atoms with E-state index in [9.17, 15) is 14.4 Å². The molecule has 1 aromatic carbocycles. The lowest BCUT2D eigenvalue weighted by molar-refractivity contribution is -0.157. The lowest BCUT2D eigenvalue weighted by atomic mass is 10.1. The number of fused-ring (bicyclic) bond motifs is 1. The first-order valence-electron chi connectivity index (χ1n) is 14.5. The smallest absolute Gasteiger partial charge is 0.410 e. The molecule has 0 spiro atoms. The maximum Gasteiger partial charge on any atom is 0.410 e. The zero-order valence-corrected chi connectivity index (χ0v) is 27.2. The maximum absolute atomic E-state index is 13.6. The molecular formula is C33H41N3O7S. The number of amides is 2. The normalized spacial score (nSPS) is 13.8. The van der Waals surface area contributed by atoms with Gasteiger partial charge in [0.25, 0.3) is 5.91 Å². The van der Waals surface area contributed by atoms with E-state index in [0.29, 0.717) is 35.9 Å². The van der Waals surface area contributed by atoms with Crippen molar-refractivity contribution in [3.8, 4) is 11.5 Å². The summed E-state index contributed by atoms with van der Waals surface area (Å²) < 4.78 is 22.7. The minimum atomic E-state index is -0.590. The van der Waals surface area contributed by atoms with E-state index in [1.807, 2.05) is 45.0 Å². The molecule has 0 bridgehead atoms. The molecule has 1 atom stereocenters. The Balaban J connectivity index is 1.44. The number of likely N-dealkylation sites (N-methyl/N-ethyl adjacent to an activating group) is 1. The van der Waals surface area contributed by atoms with Crippen LogP contribution in [-0.2, 0) is 27.2 Å².